The molecule has 16 heavy (non-hydrogen) atoms. The van der Waals surface area contributed by atoms with Crippen molar-refractivity contribution in [3.05, 3.63) is 58.3 Å². The molecule has 0 radical (unpaired) electrons. The molecule has 0 atom stereocenters. The first-order chi connectivity index (χ1) is 7.75. The highest BCUT2D eigenvalue weighted by Crippen LogP contribution is 2.16. The molecule has 0 amide bonds. The van der Waals surface area contributed by atoms with Crippen molar-refractivity contribution in [2.45, 2.75) is 13.5 Å². The van der Waals surface area contributed by atoms with Crippen LogP contribution in [0.3, 0.4) is 0 Å². The third-order valence-electron chi connectivity index (χ3n) is 2.38. The summed E-state index contributed by atoms with van der Waals surface area (Å²) in [5.74, 6) is 0. The van der Waals surface area contributed by atoms with Gasteiger partial charge in [-0.05, 0) is 25.1 Å². The Morgan fingerprint density at radius 2 is 1.94 bits per heavy atom. The fourth-order valence-electron chi connectivity index (χ4n) is 1.41. The Kier molecular flexibility index (Phi) is 3.57. The molecule has 82 valence electrons. The van der Waals surface area contributed by atoms with Crippen LogP contribution in [0.5, 0.6) is 0 Å². The summed E-state index contributed by atoms with van der Waals surface area (Å²) < 4.78 is 1.09. The van der Waals surface area contributed by atoms with Crippen molar-refractivity contribution in [1.82, 2.24) is 4.98 Å². The standard InChI is InChI=1S/C13H13BrN2/c1-10-2-4-12(5-3-10)16-9-11-8-15-7-6-13(11)14/h2-8,16H,9H2,1H3. The highest BCUT2D eigenvalue weighted by molar-refractivity contribution is 9.10. The minimum Gasteiger partial charge on any atom is -0.381 e. The van der Waals surface area contributed by atoms with Gasteiger partial charge in [0, 0.05) is 34.7 Å². The lowest BCUT2D eigenvalue weighted by Gasteiger charge is -2.07. The molecule has 3 heteroatoms. The summed E-state index contributed by atoms with van der Waals surface area (Å²) in [6.07, 6.45) is 3.64. The number of pyridine rings is 1. The summed E-state index contributed by atoms with van der Waals surface area (Å²) in [6, 6.07) is 10.3. The largest absolute Gasteiger partial charge is 0.381 e. The van der Waals surface area contributed by atoms with Crippen LogP contribution < -0.4 is 5.32 Å². The van der Waals surface area contributed by atoms with Gasteiger partial charge in [-0.25, -0.2) is 0 Å². The number of anilines is 1. The van der Waals surface area contributed by atoms with Crippen molar-refractivity contribution < 1.29 is 0 Å². The van der Waals surface area contributed by atoms with Gasteiger partial charge in [-0.15, -0.1) is 0 Å². The molecule has 0 saturated heterocycles. The second-order valence-electron chi connectivity index (χ2n) is 3.69. The molecule has 0 aliphatic carbocycles. The monoisotopic (exact) mass is 276 g/mol. The molecule has 1 heterocycles. The maximum Gasteiger partial charge on any atom is 0.0427 e. The van der Waals surface area contributed by atoms with Crippen molar-refractivity contribution in [1.29, 1.82) is 0 Å². The molecule has 1 aromatic heterocycles. The molecule has 0 spiro atoms. The van der Waals surface area contributed by atoms with Gasteiger partial charge in [-0.3, -0.25) is 4.98 Å². The molecule has 0 unspecified atom stereocenters. The van der Waals surface area contributed by atoms with Gasteiger partial charge in [-0.1, -0.05) is 33.6 Å². The summed E-state index contributed by atoms with van der Waals surface area (Å²) in [6.45, 7) is 2.86. The van der Waals surface area contributed by atoms with E-state index in [2.05, 4.69) is 57.4 Å². The van der Waals surface area contributed by atoms with Gasteiger partial charge in [-0.2, -0.15) is 0 Å². The van der Waals surface area contributed by atoms with Gasteiger partial charge in [0.25, 0.3) is 0 Å². The lowest BCUT2D eigenvalue weighted by molar-refractivity contribution is 1.10. The number of nitrogens with zero attached hydrogens (tertiary/aromatic N) is 1. The van der Waals surface area contributed by atoms with Crippen molar-refractivity contribution >= 4 is 21.6 Å². The Balaban J connectivity index is 2.02. The van der Waals surface area contributed by atoms with Crippen LogP contribution in [-0.4, -0.2) is 4.98 Å². The van der Waals surface area contributed by atoms with E-state index in [4.69, 9.17) is 0 Å². The molecular formula is C13H13BrN2. The summed E-state index contributed by atoms with van der Waals surface area (Å²) in [5.41, 5.74) is 3.55. The van der Waals surface area contributed by atoms with Crippen LogP contribution in [0.2, 0.25) is 0 Å². The third kappa shape index (κ3) is 2.83. The fraction of sp³-hybridized carbons (Fsp3) is 0.154. The van der Waals surface area contributed by atoms with Crippen LogP contribution in [0.1, 0.15) is 11.1 Å². The molecule has 0 aliphatic rings. The maximum absolute atomic E-state index is 4.10. The first-order valence-electron chi connectivity index (χ1n) is 5.14. The Bertz CT molecular complexity index is 466. The van der Waals surface area contributed by atoms with Gasteiger partial charge in [0.1, 0.15) is 0 Å². The SMILES string of the molecule is Cc1ccc(NCc2cnccc2Br)cc1. The zero-order valence-electron chi connectivity index (χ0n) is 9.07. The smallest absolute Gasteiger partial charge is 0.0427 e. The van der Waals surface area contributed by atoms with E-state index in [-0.39, 0.29) is 0 Å². The molecular weight excluding hydrogens is 264 g/mol. The first kappa shape index (κ1) is 11.1. The van der Waals surface area contributed by atoms with E-state index < -0.39 is 0 Å². The highest BCUT2D eigenvalue weighted by atomic mass is 79.9. The molecule has 2 aromatic rings. The average molecular weight is 277 g/mol. The number of halogens is 1. The third-order valence-corrected chi connectivity index (χ3v) is 3.15. The zero-order chi connectivity index (χ0) is 11.4. The number of aromatic nitrogens is 1. The molecule has 1 aromatic carbocycles. The highest BCUT2D eigenvalue weighted by Gasteiger charge is 1.98. The molecule has 0 bridgehead atoms. The average Bonchev–Trinajstić information content (AvgIpc) is 2.30. The lowest BCUT2D eigenvalue weighted by atomic mass is 10.2. The Morgan fingerprint density at radius 1 is 1.19 bits per heavy atom. The molecule has 0 aliphatic heterocycles. The van der Waals surface area contributed by atoms with Gasteiger partial charge >= 0.3 is 0 Å². The minimum absolute atomic E-state index is 0.775. The van der Waals surface area contributed by atoms with Gasteiger partial charge in [0.2, 0.25) is 0 Å². The van der Waals surface area contributed by atoms with Crippen LogP contribution in [0.4, 0.5) is 5.69 Å². The topological polar surface area (TPSA) is 24.9 Å². The van der Waals surface area contributed by atoms with Gasteiger partial charge in [0.15, 0.2) is 0 Å². The van der Waals surface area contributed by atoms with E-state index in [1.54, 1.807) is 6.20 Å². The minimum atomic E-state index is 0.775. The second kappa shape index (κ2) is 5.12. The van der Waals surface area contributed by atoms with Crippen molar-refractivity contribution in [2.24, 2.45) is 0 Å². The quantitative estimate of drug-likeness (QED) is 0.923. The van der Waals surface area contributed by atoms with Crippen molar-refractivity contribution in [3.63, 3.8) is 0 Å². The zero-order valence-corrected chi connectivity index (χ0v) is 10.7. The Hall–Kier alpha value is -1.35. The maximum atomic E-state index is 4.10. The summed E-state index contributed by atoms with van der Waals surface area (Å²) in [4.78, 5) is 4.10. The van der Waals surface area contributed by atoms with Crippen LogP contribution >= 0.6 is 15.9 Å². The Labute approximate surface area is 104 Å². The predicted octanol–water partition coefficient (Wildman–Crippen LogP) is 3.76. The lowest BCUT2D eigenvalue weighted by Crippen LogP contribution is -2.00. The number of rotatable bonds is 3. The van der Waals surface area contributed by atoms with E-state index in [0.717, 1.165) is 22.3 Å². The number of nitrogens with one attached hydrogen (secondary N) is 1. The van der Waals surface area contributed by atoms with E-state index in [1.807, 2.05) is 12.3 Å². The molecule has 1 N–H and O–H groups in total. The van der Waals surface area contributed by atoms with Crippen molar-refractivity contribution in [2.75, 3.05) is 5.32 Å². The van der Waals surface area contributed by atoms with E-state index in [0.29, 0.717) is 0 Å². The number of hydrogen-bond acceptors (Lipinski definition) is 2. The number of aryl methyl sites for hydroxylation is 1. The summed E-state index contributed by atoms with van der Waals surface area (Å²) in [7, 11) is 0. The van der Waals surface area contributed by atoms with E-state index in [9.17, 15) is 0 Å². The number of hydrogen-bond donors (Lipinski definition) is 1. The predicted molar refractivity (Wildman–Crippen MR) is 70.4 cm³/mol. The van der Waals surface area contributed by atoms with E-state index in [1.165, 1.54) is 5.56 Å². The van der Waals surface area contributed by atoms with Crippen LogP contribution in [-0.2, 0) is 6.54 Å². The number of benzene rings is 1. The second-order valence-corrected chi connectivity index (χ2v) is 4.54. The van der Waals surface area contributed by atoms with Gasteiger partial charge in [0.05, 0.1) is 0 Å². The Morgan fingerprint density at radius 3 is 2.62 bits per heavy atom. The van der Waals surface area contributed by atoms with Crippen LogP contribution in [0.15, 0.2) is 47.2 Å². The van der Waals surface area contributed by atoms with Crippen molar-refractivity contribution in [3.8, 4) is 0 Å². The first-order valence-corrected chi connectivity index (χ1v) is 5.94. The molecule has 2 nitrogen and oxygen atoms in total. The summed E-state index contributed by atoms with van der Waals surface area (Å²) in [5, 5.41) is 3.36. The molecule has 2 rings (SSSR count). The van der Waals surface area contributed by atoms with Crippen LogP contribution in [0.25, 0.3) is 0 Å². The van der Waals surface area contributed by atoms with Crippen LogP contribution in [0, 0.1) is 6.92 Å². The fourth-order valence-corrected chi connectivity index (χ4v) is 1.77. The molecule has 0 saturated carbocycles. The normalized spacial score (nSPS) is 10.1. The summed E-state index contributed by atoms with van der Waals surface area (Å²) >= 11 is 3.50. The van der Waals surface area contributed by atoms with Gasteiger partial charge < -0.3 is 5.32 Å². The molecule has 0 fully saturated rings. The van der Waals surface area contributed by atoms with E-state index >= 15 is 0 Å².